The van der Waals surface area contributed by atoms with Crippen LogP contribution in [0.2, 0.25) is 0 Å². The van der Waals surface area contributed by atoms with Crippen LogP contribution in [0, 0.1) is 35.5 Å². The number of nitrogens with two attached hydrogens (primary N) is 1. The van der Waals surface area contributed by atoms with E-state index in [4.69, 9.17) is 5.73 Å². The van der Waals surface area contributed by atoms with Gasteiger partial charge in [-0.2, -0.15) is 0 Å². The van der Waals surface area contributed by atoms with Gasteiger partial charge in [-0.05, 0) is 48.9 Å². The number of likely N-dealkylation sites (tertiary alicyclic amines) is 1. The molecule has 1 saturated heterocycles. The van der Waals surface area contributed by atoms with E-state index in [2.05, 4.69) is 17.6 Å². The Bertz CT molecular complexity index is 766. The maximum atomic E-state index is 13.6. The average Bonchev–Trinajstić information content (AvgIpc) is 3.25. The molecule has 2 unspecified atom stereocenters. The third-order valence-corrected chi connectivity index (χ3v) is 7.37. The van der Waals surface area contributed by atoms with Gasteiger partial charge in [0.2, 0.25) is 17.7 Å². The van der Waals surface area contributed by atoms with Crippen LogP contribution in [0.3, 0.4) is 0 Å². The van der Waals surface area contributed by atoms with Crippen molar-refractivity contribution < 1.29 is 24.3 Å². The molecule has 7 atom stereocenters. The summed E-state index contributed by atoms with van der Waals surface area (Å²) < 4.78 is 0. The molecule has 0 aromatic carbocycles. The van der Waals surface area contributed by atoms with Crippen molar-refractivity contribution in [3.8, 4) is 0 Å². The Morgan fingerprint density at radius 3 is 2.09 bits per heavy atom. The van der Waals surface area contributed by atoms with Crippen LogP contribution < -0.4 is 16.4 Å². The summed E-state index contributed by atoms with van der Waals surface area (Å²) in [5, 5.41) is 15.3. The van der Waals surface area contributed by atoms with Crippen molar-refractivity contribution in [3.63, 3.8) is 0 Å². The maximum Gasteiger partial charge on any atom is 0.246 e. The molecule has 2 aliphatic rings. The lowest BCUT2D eigenvalue weighted by molar-refractivity contribution is -0.144. The summed E-state index contributed by atoms with van der Waals surface area (Å²) in [5.41, 5.74) is 5.44. The molecule has 2 rings (SSSR count). The van der Waals surface area contributed by atoms with Gasteiger partial charge in [-0.15, -0.1) is 0 Å². The molecule has 0 aromatic heterocycles. The minimum atomic E-state index is -1.67. The van der Waals surface area contributed by atoms with Crippen LogP contribution in [0.5, 0.6) is 0 Å². The largest absolute Gasteiger partial charge is 0.371 e. The van der Waals surface area contributed by atoms with Gasteiger partial charge in [0.05, 0.1) is 6.04 Å². The van der Waals surface area contributed by atoms with E-state index >= 15 is 0 Å². The van der Waals surface area contributed by atoms with Gasteiger partial charge in [0, 0.05) is 12.5 Å². The smallest absolute Gasteiger partial charge is 0.246 e. The highest BCUT2D eigenvalue weighted by Gasteiger charge is 2.47. The van der Waals surface area contributed by atoms with Crippen molar-refractivity contribution >= 4 is 23.5 Å². The molecule has 1 heterocycles. The molecule has 3 amide bonds. The molecule has 1 saturated carbocycles. The Kier molecular flexibility index (Phi) is 9.65. The second-order valence-electron chi connectivity index (χ2n) is 11.2. The number of hydrogen-bond acceptors (Lipinski definition) is 6. The molecule has 194 valence electrons. The van der Waals surface area contributed by atoms with Crippen LogP contribution in [0.1, 0.15) is 67.7 Å². The van der Waals surface area contributed by atoms with E-state index in [9.17, 15) is 24.3 Å². The van der Waals surface area contributed by atoms with Gasteiger partial charge >= 0.3 is 0 Å². The van der Waals surface area contributed by atoms with E-state index in [0.29, 0.717) is 31.2 Å². The fourth-order valence-electron chi connectivity index (χ4n) is 4.85. The van der Waals surface area contributed by atoms with Crippen molar-refractivity contribution in [2.24, 2.45) is 41.2 Å². The number of hydrogen-bond donors (Lipinski definition) is 4. The number of carbonyl (C=O) groups is 4. The summed E-state index contributed by atoms with van der Waals surface area (Å²) >= 11 is 0. The number of nitrogens with one attached hydrogen (secondary N) is 2. The first-order valence-corrected chi connectivity index (χ1v) is 12.6. The predicted octanol–water partition coefficient (Wildman–Crippen LogP) is 1.03. The highest BCUT2D eigenvalue weighted by molar-refractivity contribution is 5.96. The van der Waals surface area contributed by atoms with E-state index in [1.54, 1.807) is 18.7 Å². The van der Waals surface area contributed by atoms with Crippen molar-refractivity contribution in [1.29, 1.82) is 0 Å². The number of Topliss-reactive ketones (excluding diaryl/α,β-unsaturated/α-hetero) is 1. The number of ketones is 1. The molecule has 5 N–H and O–H groups in total. The van der Waals surface area contributed by atoms with E-state index in [-0.39, 0.29) is 35.5 Å². The molecule has 0 radical (unpaired) electrons. The SMILES string of the molecule is CC(C)C(=O)N[C@H](C(=O)N1CC[C@H](C(C)C)[C@H]1C(=O)NC(C[C@H]1C[C@@H]1C)C(=O)C(N)O)C(C)C. The van der Waals surface area contributed by atoms with Gasteiger partial charge in [-0.3, -0.25) is 24.9 Å². The number of nitrogens with zero attached hydrogens (tertiary/aromatic N) is 1. The Morgan fingerprint density at radius 2 is 1.65 bits per heavy atom. The van der Waals surface area contributed by atoms with Gasteiger partial charge in [-0.25, -0.2) is 0 Å². The van der Waals surface area contributed by atoms with E-state index in [1.165, 1.54) is 0 Å². The molecule has 0 bridgehead atoms. The molecule has 0 aromatic rings. The van der Waals surface area contributed by atoms with Crippen molar-refractivity contribution in [2.45, 2.75) is 92.1 Å². The lowest BCUT2D eigenvalue weighted by Gasteiger charge is -2.34. The van der Waals surface area contributed by atoms with E-state index in [1.807, 2.05) is 27.7 Å². The maximum absolute atomic E-state index is 13.6. The summed E-state index contributed by atoms with van der Waals surface area (Å²) in [6.45, 7) is 13.8. The minimum absolute atomic E-state index is 0.0871. The summed E-state index contributed by atoms with van der Waals surface area (Å²) in [4.78, 5) is 53.6. The second kappa shape index (κ2) is 11.6. The summed E-state index contributed by atoms with van der Waals surface area (Å²) in [7, 11) is 0. The van der Waals surface area contributed by atoms with Crippen molar-refractivity contribution in [1.82, 2.24) is 15.5 Å². The number of carbonyl (C=O) groups excluding carboxylic acids is 4. The normalized spacial score (nSPS) is 27.0. The highest BCUT2D eigenvalue weighted by Crippen LogP contribution is 2.41. The average molecular weight is 481 g/mol. The Morgan fingerprint density at radius 1 is 1.06 bits per heavy atom. The molecular weight excluding hydrogens is 436 g/mol. The number of aliphatic hydroxyl groups is 1. The molecule has 2 fully saturated rings. The van der Waals surface area contributed by atoms with E-state index < -0.39 is 36.0 Å². The zero-order chi connectivity index (χ0) is 25.9. The third-order valence-electron chi connectivity index (χ3n) is 7.37. The summed E-state index contributed by atoms with van der Waals surface area (Å²) in [6, 6.07) is -2.40. The molecule has 9 nitrogen and oxygen atoms in total. The topological polar surface area (TPSA) is 142 Å². The van der Waals surface area contributed by atoms with Crippen molar-refractivity contribution in [2.75, 3.05) is 6.54 Å². The lowest BCUT2D eigenvalue weighted by Crippen LogP contribution is -2.59. The minimum Gasteiger partial charge on any atom is -0.371 e. The Labute approximate surface area is 203 Å². The van der Waals surface area contributed by atoms with Crippen LogP contribution >= 0.6 is 0 Å². The number of amides is 3. The van der Waals surface area contributed by atoms with Gasteiger partial charge < -0.3 is 20.6 Å². The quantitative estimate of drug-likeness (QED) is 0.326. The summed E-state index contributed by atoms with van der Waals surface area (Å²) in [5.74, 6) is -1.14. The molecular formula is C25H44N4O5. The monoisotopic (exact) mass is 480 g/mol. The van der Waals surface area contributed by atoms with E-state index in [0.717, 1.165) is 6.42 Å². The van der Waals surface area contributed by atoms with Crippen LogP contribution in [0.15, 0.2) is 0 Å². The molecule has 34 heavy (non-hydrogen) atoms. The zero-order valence-electron chi connectivity index (χ0n) is 21.7. The van der Waals surface area contributed by atoms with Gasteiger partial charge in [-0.1, -0.05) is 48.5 Å². The standard InChI is InChI=1S/C25H44N4O5/c1-12(2)17-8-9-29(25(34)19(13(3)4)28-23(32)14(5)6)20(17)24(33)27-18(21(30)22(26)31)11-16-10-15(16)7/h12-20,22,31H,8-11,26H2,1-7H3,(H,27,33)(H,28,32)/t15-,16+,17+,18?,19-,20-,22?/m0/s1. The first kappa shape index (κ1) is 28.2. The first-order valence-electron chi connectivity index (χ1n) is 12.6. The van der Waals surface area contributed by atoms with Crippen LogP contribution in [-0.4, -0.2) is 64.4 Å². The Hall–Kier alpha value is -2.00. The molecule has 1 aliphatic carbocycles. The number of rotatable bonds is 11. The van der Waals surface area contributed by atoms with Gasteiger partial charge in [0.25, 0.3) is 0 Å². The van der Waals surface area contributed by atoms with Crippen LogP contribution in [0.4, 0.5) is 0 Å². The predicted molar refractivity (Wildman–Crippen MR) is 129 cm³/mol. The zero-order valence-corrected chi connectivity index (χ0v) is 21.7. The second-order valence-corrected chi connectivity index (χ2v) is 11.2. The third kappa shape index (κ3) is 6.78. The molecule has 1 aliphatic heterocycles. The summed E-state index contributed by atoms with van der Waals surface area (Å²) in [6.07, 6.45) is 0.376. The van der Waals surface area contributed by atoms with Gasteiger partial charge in [0.15, 0.2) is 12.0 Å². The number of aliphatic hydroxyl groups excluding tert-OH is 1. The molecule has 0 spiro atoms. The lowest BCUT2D eigenvalue weighted by atomic mass is 9.87. The molecule has 9 heteroatoms. The fourth-order valence-corrected chi connectivity index (χ4v) is 4.85. The first-order chi connectivity index (χ1) is 15.8. The highest BCUT2D eigenvalue weighted by atomic mass is 16.3. The Balaban J connectivity index is 2.27. The van der Waals surface area contributed by atoms with Crippen LogP contribution in [-0.2, 0) is 19.2 Å². The van der Waals surface area contributed by atoms with Crippen molar-refractivity contribution in [3.05, 3.63) is 0 Å². The van der Waals surface area contributed by atoms with Gasteiger partial charge in [0.1, 0.15) is 12.1 Å². The fraction of sp³-hybridized carbons (Fsp3) is 0.840. The van der Waals surface area contributed by atoms with Crippen LogP contribution in [0.25, 0.3) is 0 Å².